The second-order valence-corrected chi connectivity index (χ2v) is 8.32. The molecule has 31 heavy (non-hydrogen) atoms. The predicted octanol–water partition coefficient (Wildman–Crippen LogP) is 3.77. The summed E-state index contributed by atoms with van der Waals surface area (Å²) in [6.07, 6.45) is 10.2. The molecule has 0 bridgehead atoms. The van der Waals surface area contributed by atoms with Crippen molar-refractivity contribution in [3.05, 3.63) is 66.4 Å². The first-order valence-electron chi connectivity index (χ1n) is 11.1. The molecule has 7 heteroatoms. The SMILES string of the molecule is CCN(C(=O)c1nc2ccccc2[nH]1)C1CCCC(NCc2ccc3nccn3c2)C1. The maximum absolute atomic E-state index is 13.2. The summed E-state index contributed by atoms with van der Waals surface area (Å²) in [7, 11) is 0. The number of benzene rings is 1. The van der Waals surface area contributed by atoms with Crippen molar-refractivity contribution < 1.29 is 4.79 Å². The van der Waals surface area contributed by atoms with Crippen LogP contribution in [-0.4, -0.2) is 48.8 Å². The molecule has 0 spiro atoms. The van der Waals surface area contributed by atoms with E-state index < -0.39 is 0 Å². The van der Waals surface area contributed by atoms with Crippen molar-refractivity contribution in [2.45, 2.75) is 51.2 Å². The third-order valence-corrected chi connectivity index (χ3v) is 6.33. The maximum Gasteiger partial charge on any atom is 0.289 e. The fourth-order valence-electron chi connectivity index (χ4n) is 4.72. The summed E-state index contributed by atoms with van der Waals surface area (Å²) in [5, 5.41) is 3.71. The first kappa shape index (κ1) is 19.8. The number of hydrogen-bond acceptors (Lipinski definition) is 4. The molecule has 0 saturated heterocycles. The van der Waals surface area contributed by atoms with Gasteiger partial charge >= 0.3 is 0 Å². The number of amides is 1. The van der Waals surface area contributed by atoms with Crippen molar-refractivity contribution >= 4 is 22.6 Å². The van der Waals surface area contributed by atoms with Crippen molar-refractivity contribution in [1.82, 2.24) is 29.6 Å². The average Bonchev–Trinajstić information content (AvgIpc) is 3.45. The zero-order valence-corrected chi connectivity index (χ0v) is 17.8. The van der Waals surface area contributed by atoms with E-state index in [0.717, 1.165) is 48.9 Å². The van der Waals surface area contributed by atoms with Gasteiger partial charge in [0.15, 0.2) is 5.82 Å². The van der Waals surface area contributed by atoms with Gasteiger partial charge in [-0.2, -0.15) is 0 Å². The Kier molecular flexibility index (Phi) is 5.42. The summed E-state index contributed by atoms with van der Waals surface area (Å²) < 4.78 is 2.05. The number of fused-ring (bicyclic) bond motifs is 2. The zero-order chi connectivity index (χ0) is 21.2. The molecule has 3 heterocycles. The van der Waals surface area contributed by atoms with Crippen LogP contribution in [0.3, 0.4) is 0 Å². The van der Waals surface area contributed by atoms with Gasteiger partial charge in [0.1, 0.15) is 5.65 Å². The highest BCUT2D eigenvalue weighted by Crippen LogP contribution is 2.25. The number of nitrogens with one attached hydrogen (secondary N) is 2. The second kappa shape index (κ2) is 8.51. The van der Waals surface area contributed by atoms with Gasteiger partial charge in [0.2, 0.25) is 0 Å². The Morgan fingerprint density at radius 1 is 1.26 bits per heavy atom. The molecule has 5 rings (SSSR count). The number of aromatic nitrogens is 4. The Morgan fingerprint density at radius 3 is 3.03 bits per heavy atom. The molecule has 160 valence electrons. The van der Waals surface area contributed by atoms with Crippen LogP contribution >= 0.6 is 0 Å². The minimum atomic E-state index is -0.00471. The van der Waals surface area contributed by atoms with Crippen molar-refractivity contribution in [1.29, 1.82) is 0 Å². The smallest absolute Gasteiger partial charge is 0.289 e. The van der Waals surface area contributed by atoms with E-state index >= 15 is 0 Å². The number of para-hydroxylation sites is 2. The molecular formula is C24H28N6O. The molecule has 1 aliphatic carbocycles. The Bertz CT molecular complexity index is 1160. The molecule has 3 aromatic heterocycles. The van der Waals surface area contributed by atoms with Crippen LogP contribution in [-0.2, 0) is 6.54 Å². The highest BCUT2D eigenvalue weighted by atomic mass is 16.2. The van der Waals surface area contributed by atoms with E-state index in [1.54, 1.807) is 0 Å². The molecule has 1 amide bonds. The molecule has 4 aromatic rings. The summed E-state index contributed by atoms with van der Waals surface area (Å²) in [6.45, 7) is 3.55. The molecule has 0 radical (unpaired) electrons. The van der Waals surface area contributed by atoms with Crippen LogP contribution in [0, 0.1) is 0 Å². The molecule has 1 aromatic carbocycles. The topological polar surface area (TPSA) is 78.3 Å². The van der Waals surface area contributed by atoms with Crippen LogP contribution < -0.4 is 5.32 Å². The third-order valence-electron chi connectivity index (χ3n) is 6.33. The third kappa shape index (κ3) is 4.05. The quantitative estimate of drug-likeness (QED) is 0.501. The highest BCUT2D eigenvalue weighted by molar-refractivity contribution is 5.94. The van der Waals surface area contributed by atoms with Crippen molar-refractivity contribution in [3.63, 3.8) is 0 Å². The van der Waals surface area contributed by atoms with E-state index in [0.29, 0.717) is 18.4 Å². The van der Waals surface area contributed by atoms with Crippen LogP contribution in [0.1, 0.15) is 48.8 Å². The Balaban J connectivity index is 1.25. The minimum absolute atomic E-state index is 0.00471. The van der Waals surface area contributed by atoms with E-state index in [1.807, 2.05) is 52.0 Å². The summed E-state index contributed by atoms with van der Waals surface area (Å²) in [5.74, 6) is 0.432. The monoisotopic (exact) mass is 416 g/mol. The fraction of sp³-hybridized carbons (Fsp3) is 0.375. The second-order valence-electron chi connectivity index (χ2n) is 8.32. The normalized spacial score (nSPS) is 19.1. The fourth-order valence-corrected chi connectivity index (χ4v) is 4.72. The van der Waals surface area contributed by atoms with Gasteiger partial charge < -0.3 is 19.6 Å². The van der Waals surface area contributed by atoms with E-state index in [2.05, 4.69) is 39.5 Å². The van der Waals surface area contributed by atoms with Crippen molar-refractivity contribution in [2.24, 2.45) is 0 Å². The minimum Gasteiger partial charge on any atom is -0.334 e. The number of H-pyrrole nitrogens is 1. The van der Waals surface area contributed by atoms with Gasteiger partial charge in [-0.25, -0.2) is 9.97 Å². The first-order valence-corrected chi connectivity index (χ1v) is 11.1. The molecule has 1 aliphatic rings. The highest BCUT2D eigenvalue weighted by Gasteiger charge is 2.30. The van der Waals surface area contributed by atoms with E-state index in [1.165, 1.54) is 5.56 Å². The number of pyridine rings is 1. The number of hydrogen-bond donors (Lipinski definition) is 2. The lowest BCUT2D eigenvalue weighted by Gasteiger charge is -2.37. The van der Waals surface area contributed by atoms with Crippen LogP contribution in [0.2, 0.25) is 0 Å². The van der Waals surface area contributed by atoms with Gasteiger partial charge in [-0.1, -0.05) is 18.2 Å². The maximum atomic E-state index is 13.2. The van der Waals surface area contributed by atoms with E-state index in [9.17, 15) is 4.79 Å². The number of carbonyl (C=O) groups excluding carboxylic acids is 1. The van der Waals surface area contributed by atoms with Gasteiger partial charge in [0, 0.05) is 43.8 Å². The van der Waals surface area contributed by atoms with Gasteiger partial charge in [-0.15, -0.1) is 0 Å². The summed E-state index contributed by atoms with van der Waals surface area (Å²) in [6, 6.07) is 12.6. The number of nitrogens with zero attached hydrogens (tertiary/aromatic N) is 4. The Hall–Kier alpha value is -3.19. The molecule has 1 saturated carbocycles. The number of aromatic amines is 1. The molecule has 1 fully saturated rings. The molecule has 2 unspecified atom stereocenters. The van der Waals surface area contributed by atoms with Crippen LogP contribution in [0.15, 0.2) is 55.0 Å². The lowest BCUT2D eigenvalue weighted by atomic mass is 9.89. The van der Waals surface area contributed by atoms with Gasteiger partial charge in [0.25, 0.3) is 5.91 Å². The molecule has 0 aliphatic heterocycles. The lowest BCUT2D eigenvalue weighted by Crippen LogP contribution is -2.47. The van der Waals surface area contributed by atoms with Crippen molar-refractivity contribution in [2.75, 3.05) is 6.54 Å². The number of imidazole rings is 2. The van der Waals surface area contributed by atoms with Crippen LogP contribution in [0.4, 0.5) is 0 Å². The zero-order valence-electron chi connectivity index (χ0n) is 17.8. The summed E-state index contributed by atoms with van der Waals surface area (Å²) >= 11 is 0. The van der Waals surface area contributed by atoms with Crippen LogP contribution in [0.25, 0.3) is 16.7 Å². The van der Waals surface area contributed by atoms with E-state index in [-0.39, 0.29) is 11.9 Å². The number of carbonyl (C=O) groups is 1. The standard InChI is InChI=1S/C24H28N6O/c1-2-30(24(31)23-27-20-8-3-4-9-21(20)28-23)19-7-5-6-18(14-19)26-15-17-10-11-22-25-12-13-29(22)16-17/h3-4,8-13,16,18-19,26H,2,5-7,14-15H2,1H3,(H,27,28). The largest absolute Gasteiger partial charge is 0.334 e. The van der Waals surface area contributed by atoms with Gasteiger partial charge in [0.05, 0.1) is 11.0 Å². The van der Waals surface area contributed by atoms with Gasteiger partial charge in [-0.3, -0.25) is 4.79 Å². The van der Waals surface area contributed by atoms with Crippen molar-refractivity contribution in [3.8, 4) is 0 Å². The van der Waals surface area contributed by atoms with E-state index in [4.69, 9.17) is 0 Å². The summed E-state index contributed by atoms with van der Waals surface area (Å²) in [4.78, 5) is 27.2. The Morgan fingerprint density at radius 2 is 2.16 bits per heavy atom. The average molecular weight is 417 g/mol. The number of rotatable bonds is 6. The molecule has 2 atom stereocenters. The van der Waals surface area contributed by atoms with Crippen LogP contribution in [0.5, 0.6) is 0 Å². The summed E-state index contributed by atoms with van der Waals surface area (Å²) in [5.41, 5.74) is 3.93. The molecule has 7 nitrogen and oxygen atoms in total. The first-order chi connectivity index (χ1) is 15.2. The van der Waals surface area contributed by atoms with Gasteiger partial charge in [-0.05, 0) is 56.4 Å². The predicted molar refractivity (Wildman–Crippen MR) is 121 cm³/mol. The Labute approximate surface area is 181 Å². The molecule has 2 N–H and O–H groups in total. The lowest BCUT2D eigenvalue weighted by molar-refractivity contribution is 0.0617. The molecular weight excluding hydrogens is 388 g/mol.